The van der Waals surface area contributed by atoms with Crippen molar-refractivity contribution in [3.63, 3.8) is 0 Å². The molecule has 1 amide bonds. The Bertz CT molecular complexity index is 1320. The van der Waals surface area contributed by atoms with E-state index >= 15 is 8.78 Å². The quantitative estimate of drug-likeness (QED) is 0.396. The van der Waals surface area contributed by atoms with E-state index in [9.17, 15) is 18.2 Å². The molecule has 3 unspecified atom stereocenters. The van der Waals surface area contributed by atoms with Crippen LogP contribution in [0.1, 0.15) is 75.5 Å². The number of aryl methyl sites for hydroxylation is 1. The van der Waals surface area contributed by atoms with E-state index in [0.29, 0.717) is 29.9 Å². The van der Waals surface area contributed by atoms with Crippen LogP contribution in [0.4, 0.5) is 18.9 Å². The summed E-state index contributed by atoms with van der Waals surface area (Å²) in [5.41, 5.74) is -0.864. The van der Waals surface area contributed by atoms with Crippen LogP contribution in [0.3, 0.4) is 0 Å². The molecule has 1 aromatic carbocycles. The molecule has 0 radical (unpaired) electrons. The maximum atomic E-state index is 15.7. The number of amides is 1. The third kappa shape index (κ3) is 5.67. The van der Waals surface area contributed by atoms with Crippen molar-refractivity contribution in [2.75, 3.05) is 11.9 Å². The molecule has 2 saturated carbocycles. The van der Waals surface area contributed by atoms with Crippen LogP contribution in [-0.2, 0) is 27.6 Å². The molecule has 0 saturated heterocycles. The predicted octanol–water partition coefficient (Wildman–Crippen LogP) is 5.36. The van der Waals surface area contributed by atoms with Crippen molar-refractivity contribution < 1.29 is 31.7 Å². The van der Waals surface area contributed by atoms with Crippen LogP contribution in [-0.4, -0.2) is 48.5 Å². The van der Waals surface area contributed by atoms with Gasteiger partial charge in [0.15, 0.2) is 0 Å². The van der Waals surface area contributed by atoms with Crippen LogP contribution in [0.2, 0.25) is 5.02 Å². The zero-order valence-corrected chi connectivity index (χ0v) is 24.6. The number of aromatic nitrogens is 2. The van der Waals surface area contributed by atoms with Gasteiger partial charge in [-0.15, -0.1) is 0 Å². The predicted molar refractivity (Wildman–Crippen MR) is 146 cm³/mol. The van der Waals surface area contributed by atoms with Crippen LogP contribution in [0.15, 0.2) is 24.5 Å². The first kappa shape index (κ1) is 30.5. The highest BCUT2D eigenvalue weighted by Gasteiger charge is 2.67. The molecule has 2 fully saturated rings. The summed E-state index contributed by atoms with van der Waals surface area (Å²) in [6.45, 7) is 6.28. The highest BCUT2D eigenvalue weighted by Crippen LogP contribution is 2.58. The second kappa shape index (κ2) is 11.1. The van der Waals surface area contributed by atoms with E-state index < -0.39 is 44.9 Å². The molecule has 220 valence electrons. The standard InChI is InChI=1S/C27H34ClF3N4O4S/c1-6-39-24(37)27(30,31)26(34-40(38)25(2,3)4)12-16-9-15(10-17(16)13-26)21-22(35(5)14-32-21)23(36)33-18-7-8-20(29)19(28)11-18/h7-8,11,14-17,34H,6,9-10,12-13H2,1-5H3,(H,33,36). The Morgan fingerprint density at radius 2 is 1.85 bits per heavy atom. The molecule has 0 spiro atoms. The number of hydrogen-bond acceptors (Lipinski definition) is 5. The third-order valence-corrected chi connectivity index (χ3v) is 9.76. The van der Waals surface area contributed by atoms with Gasteiger partial charge in [-0.1, -0.05) is 11.6 Å². The van der Waals surface area contributed by atoms with E-state index in [0.717, 1.165) is 6.07 Å². The number of carbonyl (C=O) groups is 2. The number of hydrogen-bond donors (Lipinski definition) is 2. The average molecular weight is 603 g/mol. The largest absolute Gasteiger partial charge is 0.462 e. The smallest absolute Gasteiger partial charge is 0.379 e. The molecule has 0 aliphatic heterocycles. The number of esters is 1. The minimum Gasteiger partial charge on any atom is -0.462 e. The molecule has 13 heteroatoms. The number of nitrogens with one attached hydrogen (secondary N) is 2. The Balaban J connectivity index is 1.56. The number of nitrogens with zero attached hydrogens (tertiary/aromatic N) is 2. The van der Waals surface area contributed by atoms with E-state index in [2.05, 4.69) is 15.0 Å². The van der Waals surface area contributed by atoms with Gasteiger partial charge in [0.2, 0.25) is 0 Å². The van der Waals surface area contributed by atoms with E-state index in [1.807, 2.05) is 0 Å². The van der Waals surface area contributed by atoms with E-state index in [1.54, 1.807) is 32.4 Å². The number of rotatable bonds is 8. The summed E-state index contributed by atoms with van der Waals surface area (Å²) in [6.07, 6.45) is 2.29. The van der Waals surface area contributed by atoms with Gasteiger partial charge in [0.05, 0.1) is 39.4 Å². The molecule has 0 bridgehead atoms. The summed E-state index contributed by atoms with van der Waals surface area (Å²) < 4.78 is 66.1. The topological polar surface area (TPSA) is 102 Å². The number of anilines is 1. The van der Waals surface area contributed by atoms with Gasteiger partial charge in [-0.2, -0.15) is 8.78 Å². The molecular formula is C27H34ClF3N4O4S. The molecular weight excluding hydrogens is 569 g/mol. The fourth-order valence-electron chi connectivity index (χ4n) is 5.85. The number of ether oxygens (including phenoxy) is 1. The van der Waals surface area contributed by atoms with Crippen LogP contribution in [0.25, 0.3) is 0 Å². The Morgan fingerprint density at radius 3 is 2.40 bits per heavy atom. The van der Waals surface area contributed by atoms with Gasteiger partial charge in [0, 0.05) is 18.7 Å². The van der Waals surface area contributed by atoms with Gasteiger partial charge < -0.3 is 14.6 Å². The maximum absolute atomic E-state index is 15.7. The molecule has 1 heterocycles. The number of carbonyl (C=O) groups excluding carboxylic acids is 2. The highest BCUT2D eigenvalue weighted by molar-refractivity contribution is 7.84. The van der Waals surface area contributed by atoms with E-state index in [1.165, 1.54) is 25.4 Å². The summed E-state index contributed by atoms with van der Waals surface area (Å²) in [5.74, 6) is -7.21. The van der Waals surface area contributed by atoms with Crippen molar-refractivity contribution in [2.45, 2.75) is 75.5 Å². The zero-order valence-electron chi connectivity index (χ0n) is 23.0. The number of imidazole rings is 1. The summed E-state index contributed by atoms with van der Waals surface area (Å²) in [6, 6.07) is 3.86. The lowest BCUT2D eigenvalue weighted by Crippen LogP contribution is -2.63. The van der Waals surface area contributed by atoms with Crippen molar-refractivity contribution in [3.05, 3.63) is 46.8 Å². The lowest BCUT2D eigenvalue weighted by molar-refractivity contribution is -0.184. The lowest BCUT2D eigenvalue weighted by Gasteiger charge is -2.38. The van der Waals surface area contributed by atoms with Crippen LogP contribution >= 0.6 is 11.6 Å². The summed E-state index contributed by atoms with van der Waals surface area (Å²) >= 11 is 5.84. The number of halogens is 4. The summed E-state index contributed by atoms with van der Waals surface area (Å²) in [4.78, 5) is 30.1. The van der Waals surface area contributed by atoms with Crippen molar-refractivity contribution >= 4 is 40.2 Å². The second-order valence-corrected chi connectivity index (χ2v) is 14.0. The van der Waals surface area contributed by atoms with Gasteiger partial charge >= 0.3 is 11.9 Å². The van der Waals surface area contributed by atoms with Crippen LogP contribution in [0.5, 0.6) is 0 Å². The van der Waals surface area contributed by atoms with Gasteiger partial charge in [-0.3, -0.25) is 4.79 Å². The Kier molecular flexibility index (Phi) is 8.46. The van der Waals surface area contributed by atoms with Crippen molar-refractivity contribution in [1.82, 2.24) is 14.3 Å². The SMILES string of the molecule is CCOC(=O)C(F)(F)C1(NS(=O)C(C)(C)C)CC2CC(c3ncn(C)c3C(=O)Nc3ccc(F)c(Cl)c3)CC2C1. The summed E-state index contributed by atoms with van der Waals surface area (Å²) in [7, 11) is -0.178. The molecule has 1 aromatic heterocycles. The van der Waals surface area contributed by atoms with Crippen LogP contribution in [0, 0.1) is 17.7 Å². The first-order chi connectivity index (χ1) is 18.6. The number of fused-ring (bicyclic) bond motifs is 1. The Labute approximate surface area is 239 Å². The van der Waals surface area contributed by atoms with Crippen molar-refractivity contribution in [2.24, 2.45) is 18.9 Å². The molecule has 2 aliphatic rings. The maximum Gasteiger partial charge on any atom is 0.379 e. The molecule has 2 N–H and O–H groups in total. The molecule has 40 heavy (non-hydrogen) atoms. The molecule has 3 atom stereocenters. The lowest BCUT2D eigenvalue weighted by atomic mass is 9.85. The van der Waals surface area contributed by atoms with Gasteiger partial charge in [-0.25, -0.2) is 23.1 Å². The summed E-state index contributed by atoms with van der Waals surface area (Å²) in [5, 5.41) is 2.59. The van der Waals surface area contributed by atoms with Gasteiger partial charge in [-0.05, 0) is 83.4 Å². The van der Waals surface area contributed by atoms with Gasteiger partial charge in [0.1, 0.15) is 17.1 Å². The molecule has 4 rings (SSSR count). The first-order valence-electron chi connectivity index (χ1n) is 13.1. The number of alkyl halides is 2. The van der Waals surface area contributed by atoms with E-state index in [4.69, 9.17) is 16.3 Å². The zero-order chi connectivity index (χ0) is 29.6. The van der Waals surface area contributed by atoms with Gasteiger partial charge in [0.25, 0.3) is 5.91 Å². The minimum atomic E-state index is -3.89. The fourth-order valence-corrected chi connectivity index (χ4v) is 6.99. The average Bonchev–Trinajstić information content (AvgIpc) is 3.52. The molecule has 8 nitrogen and oxygen atoms in total. The number of benzene rings is 1. The molecule has 2 aliphatic carbocycles. The highest BCUT2D eigenvalue weighted by atomic mass is 35.5. The Hall–Kier alpha value is -2.44. The molecule has 2 aromatic rings. The monoisotopic (exact) mass is 602 g/mol. The Morgan fingerprint density at radius 1 is 1.23 bits per heavy atom. The second-order valence-electron chi connectivity index (χ2n) is 11.6. The van der Waals surface area contributed by atoms with Crippen LogP contribution < -0.4 is 10.0 Å². The normalized spacial score (nSPS) is 25.5. The van der Waals surface area contributed by atoms with E-state index in [-0.39, 0.29) is 42.2 Å². The first-order valence-corrected chi connectivity index (χ1v) is 14.6. The minimum absolute atomic E-state index is 0.0791. The third-order valence-electron chi connectivity index (χ3n) is 7.78. The van der Waals surface area contributed by atoms with Crippen molar-refractivity contribution in [3.8, 4) is 0 Å². The fraction of sp³-hybridized carbons (Fsp3) is 0.593. The van der Waals surface area contributed by atoms with Crippen molar-refractivity contribution in [1.29, 1.82) is 0 Å².